The van der Waals surface area contributed by atoms with Crippen molar-refractivity contribution in [1.82, 2.24) is 4.90 Å². The second-order valence-electron chi connectivity index (χ2n) is 5.75. The monoisotopic (exact) mass is 345 g/mol. The summed E-state index contributed by atoms with van der Waals surface area (Å²) >= 11 is 7.57. The minimum Gasteiger partial charge on any atom is -0.341 e. The molecule has 1 aliphatic rings. The van der Waals surface area contributed by atoms with E-state index in [-0.39, 0.29) is 11.2 Å². The van der Waals surface area contributed by atoms with Crippen LogP contribution in [0.4, 0.5) is 0 Å². The van der Waals surface area contributed by atoms with Crippen molar-refractivity contribution in [2.24, 2.45) is 0 Å². The van der Waals surface area contributed by atoms with Crippen molar-refractivity contribution in [3.63, 3.8) is 0 Å². The van der Waals surface area contributed by atoms with Crippen LogP contribution in [-0.4, -0.2) is 23.9 Å². The Morgan fingerprint density at radius 2 is 1.61 bits per heavy atom. The van der Waals surface area contributed by atoms with Gasteiger partial charge in [0.2, 0.25) is 5.91 Å². The molecule has 2 aromatic carbocycles. The highest BCUT2D eigenvalue weighted by Gasteiger charge is 2.27. The summed E-state index contributed by atoms with van der Waals surface area (Å²) < 4.78 is 0. The highest BCUT2D eigenvalue weighted by molar-refractivity contribution is 8.00. The summed E-state index contributed by atoms with van der Waals surface area (Å²) in [7, 11) is 0. The summed E-state index contributed by atoms with van der Waals surface area (Å²) in [6.45, 7) is 1.76. The van der Waals surface area contributed by atoms with Crippen molar-refractivity contribution in [3.8, 4) is 0 Å². The Kier molecular flexibility index (Phi) is 5.63. The molecule has 1 amide bonds. The number of piperidine rings is 1. The van der Waals surface area contributed by atoms with Crippen LogP contribution in [0.3, 0.4) is 0 Å². The fourth-order valence-electron chi connectivity index (χ4n) is 2.82. The average molecular weight is 346 g/mol. The van der Waals surface area contributed by atoms with Crippen LogP contribution in [-0.2, 0) is 4.79 Å². The predicted octanol–water partition coefficient (Wildman–Crippen LogP) is 5.19. The van der Waals surface area contributed by atoms with Crippen LogP contribution in [0, 0.1) is 0 Å². The fourth-order valence-corrected chi connectivity index (χ4v) is 4.05. The lowest BCUT2D eigenvalue weighted by atomic mass is 10.1. The number of carbonyl (C=O) groups is 1. The summed E-state index contributed by atoms with van der Waals surface area (Å²) in [5.41, 5.74) is 1.06. The number of hydrogen-bond donors (Lipinski definition) is 0. The lowest BCUT2D eigenvalue weighted by molar-refractivity contribution is -0.131. The fraction of sp³-hybridized carbons (Fsp3) is 0.316. The number of amides is 1. The lowest BCUT2D eigenvalue weighted by Gasteiger charge is -2.30. The van der Waals surface area contributed by atoms with Crippen LogP contribution in [0.2, 0.25) is 5.02 Å². The van der Waals surface area contributed by atoms with Gasteiger partial charge in [-0.25, -0.2) is 0 Å². The molecule has 1 atom stereocenters. The molecule has 1 saturated heterocycles. The first-order valence-corrected chi connectivity index (χ1v) is 9.26. The number of likely N-dealkylation sites (tertiary alicyclic amines) is 1. The van der Waals surface area contributed by atoms with Crippen LogP contribution in [0.5, 0.6) is 0 Å². The van der Waals surface area contributed by atoms with E-state index < -0.39 is 0 Å². The first-order valence-electron chi connectivity index (χ1n) is 8.00. The molecule has 4 heteroatoms. The Morgan fingerprint density at radius 3 is 2.26 bits per heavy atom. The van der Waals surface area contributed by atoms with Gasteiger partial charge in [-0.1, -0.05) is 41.9 Å². The summed E-state index contributed by atoms with van der Waals surface area (Å²) in [5, 5.41) is 0.517. The number of benzene rings is 2. The minimum absolute atomic E-state index is 0.199. The van der Waals surface area contributed by atoms with Gasteiger partial charge in [0.05, 0.1) is 0 Å². The van der Waals surface area contributed by atoms with E-state index in [4.69, 9.17) is 11.6 Å². The van der Waals surface area contributed by atoms with Crippen molar-refractivity contribution in [1.29, 1.82) is 0 Å². The number of thioether (sulfide) groups is 1. The quantitative estimate of drug-likeness (QED) is 0.711. The topological polar surface area (TPSA) is 20.3 Å². The van der Waals surface area contributed by atoms with E-state index in [0.29, 0.717) is 5.02 Å². The Bertz CT molecular complexity index is 638. The molecular formula is C19H20ClNOS. The largest absolute Gasteiger partial charge is 0.341 e. The summed E-state index contributed by atoms with van der Waals surface area (Å²) in [6.07, 6.45) is 3.45. The third-order valence-electron chi connectivity index (χ3n) is 4.06. The number of nitrogens with zero attached hydrogens (tertiary/aromatic N) is 1. The molecule has 3 rings (SSSR count). The zero-order valence-corrected chi connectivity index (χ0v) is 14.5. The van der Waals surface area contributed by atoms with Crippen LogP contribution in [0.15, 0.2) is 59.5 Å². The molecule has 0 radical (unpaired) electrons. The van der Waals surface area contributed by atoms with Crippen LogP contribution >= 0.6 is 23.4 Å². The van der Waals surface area contributed by atoms with Crippen molar-refractivity contribution in [2.45, 2.75) is 29.4 Å². The molecular weight excluding hydrogens is 326 g/mol. The van der Waals surface area contributed by atoms with Crippen molar-refractivity contribution >= 4 is 29.3 Å². The molecule has 0 saturated carbocycles. The Morgan fingerprint density at radius 1 is 0.957 bits per heavy atom. The molecule has 23 heavy (non-hydrogen) atoms. The molecule has 0 spiro atoms. The van der Waals surface area contributed by atoms with Gasteiger partial charge < -0.3 is 4.90 Å². The number of halogens is 1. The molecule has 0 bridgehead atoms. The Labute approximate surface area is 146 Å². The van der Waals surface area contributed by atoms with Gasteiger partial charge in [-0.05, 0) is 49.1 Å². The summed E-state index contributed by atoms with van der Waals surface area (Å²) in [4.78, 5) is 16.1. The van der Waals surface area contributed by atoms with E-state index in [2.05, 4.69) is 0 Å². The van der Waals surface area contributed by atoms with Crippen molar-refractivity contribution in [2.75, 3.05) is 13.1 Å². The summed E-state index contributed by atoms with van der Waals surface area (Å²) in [6, 6.07) is 17.7. The molecule has 0 N–H and O–H groups in total. The molecule has 2 aromatic rings. The molecule has 1 aliphatic heterocycles. The molecule has 1 fully saturated rings. The number of hydrogen-bond acceptors (Lipinski definition) is 2. The zero-order valence-electron chi connectivity index (χ0n) is 13.0. The first-order chi connectivity index (χ1) is 11.2. The van der Waals surface area contributed by atoms with Gasteiger partial charge in [0, 0.05) is 23.0 Å². The Balaban J connectivity index is 1.84. The molecule has 0 aromatic heterocycles. The second-order valence-corrected chi connectivity index (χ2v) is 7.36. The van der Waals surface area contributed by atoms with Crippen molar-refractivity contribution < 1.29 is 4.79 Å². The van der Waals surface area contributed by atoms with Crippen LogP contribution in [0.25, 0.3) is 0 Å². The van der Waals surface area contributed by atoms with Crippen molar-refractivity contribution in [3.05, 3.63) is 65.2 Å². The minimum atomic E-state index is -0.199. The Hall–Kier alpha value is -1.45. The average Bonchev–Trinajstić information content (AvgIpc) is 2.62. The number of carbonyl (C=O) groups excluding carboxylic acids is 1. The zero-order chi connectivity index (χ0) is 16.1. The third kappa shape index (κ3) is 4.30. The summed E-state index contributed by atoms with van der Waals surface area (Å²) in [5.74, 6) is 0.218. The highest BCUT2D eigenvalue weighted by Crippen LogP contribution is 2.37. The van der Waals surface area contributed by atoms with Gasteiger partial charge in [0.25, 0.3) is 0 Å². The lowest BCUT2D eigenvalue weighted by Crippen LogP contribution is -2.38. The normalized spacial score (nSPS) is 16.1. The molecule has 1 heterocycles. The maximum absolute atomic E-state index is 13.0. The van der Waals surface area contributed by atoms with Gasteiger partial charge in [-0.2, -0.15) is 0 Å². The van der Waals surface area contributed by atoms with Gasteiger partial charge in [0.15, 0.2) is 0 Å². The van der Waals surface area contributed by atoms with Gasteiger partial charge >= 0.3 is 0 Å². The van der Waals surface area contributed by atoms with E-state index in [0.717, 1.165) is 36.4 Å². The molecule has 2 nitrogen and oxygen atoms in total. The van der Waals surface area contributed by atoms with Gasteiger partial charge in [-0.15, -0.1) is 11.8 Å². The van der Waals surface area contributed by atoms with Gasteiger partial charge in [0.1, 0.15) is 5.25 Å². The first kappa shape index (κ1) is 16.4. The predicted molar refractivity (Wildman–Crippen MR) is 96.9 cm³/mol. The highest BCUT2D eigenvalue weighted by atomic mass is 35.5. The SMILES string of the molecule is O=C(C(Sc1ccc(Cl)cc1)c1ccccc1)N1CCCCC1. The maximum atomic E-state index is 13.0. The van der Waals surface area contributed by atoms with E-state index in [9.17, 15) is 4.79 Å². The standard InChI is InChI=1S/C19H20ClNOS/c20-16-9-11-17(12-10-16)23-18(15-7-3-1-4-8-15)19(22)21-13-5-2-6-14-21/h1,3-4,7-12,18H,2,5-6,13-14H2. The van der Waals surface area contributed by atoms with Crippen LogP contribution < -0.4 is 0 Å². The third-order valence-corrected chi connectivity index (χ3v) is 5.57. The van der Waals surface area contributed by atoms with Gasteiger partial charge in [-0.3, -0.25) is 4.79 Å². The maximum Gasteiger partial charge on any atom is 0.240 e. The van der Waals surface area contributed by atoms with E-state index in [1.54, 1.807) is 11.8 Å². The second kappa shape index (κ2) is 7.89. The molecule has 120 valence electrons. The smallest absolute Gasteiger partial charge is 0.240 e. The van der Waals surface area contributed by atoms with E-state index >= 15 is 0 Å². The molecule has 1 unspecified atom stereocenters. The van der Waals surface area contributed by atoms with E-state index in [1.807, 2.05) is 59.5 Å². The van der Waals surface area contributed by atoms with E-state index in [1.165, 1.54) is 6.42 Å². The van der Waals surface area contributed by atoms with Crippen LogP contribution in [0.1, 0.15) is 30.1 Å². The number of rotatable bonds is 4. The molecule has 0 aliphatic carbocycles.